The molecule has 2 bridgehead atoms. The van der Waals surface area contributed by atoms with Crippen LogP contribution in [0.2, 0.25) is 0 Å². The molecule has 1 aliphatic heterocycles. The van der Waals surface area contributed by atoms with E-state index >= 15 is 0 Å². The fraction of sp³-hybridized carbons (Fsp3) is 0.556. The average Bonchev–Trinajstić information content (AvgIpc) is 3.07. The number of hydrogen-bond donors (Lipinski definition) is 2. The van der Waals surface area contributed by atoms with Gasteiger partial charge in [0, 0.05) is 43.4 Å². The van der Waals surface area contributed by atoms with Gasteiger partial charge in [-0.1, -0.05) is 18.2 Å². The number of rotatable bonds is 7. The summed E-state index contributed by atoms with van der Waals surface area (Å²) < 4.78 is 70.4. The smallest absolute Gasteiger partial charge is 0.268 e. The number of carbonyl (C=O) groups excluding carboxylic acids is 1. The van der Waals surface area contributed by atoms with Crippen molar-refractivity contribution in [3.05, 3.63) is 63.3 Å². The summed E-state index contributed by atoms with van der Waals surface area (Å²) >= 11 is 0. The molecule has 5 rings (SSSR count). The van der Waals surface area contributed by atoms with Gasteiger partial charge in [-0.2, -0.15) is 0 Å². The maximum atomic E-state index is 14.7. The first-order valence-electron chi connectivity index (χ1n) is 12.9. The Morgan fingerprint density at radius 2 is 1.76 bits per heavy atom. The van der Waals surface area contributed by atoms with Gasteiger partial charge in [-0.3, -0.25) is 9.59 Å². The highest BCUT2D eigenvalue weighted by Gasteiger charge is 2.50. The van der Waals surface area contributed by atoms with Crippen LogP contribution >= 0.6 is 0 Å². The first-order valence-corrected chi connectivity index (χ1v) is 12.9. The number of nitrogens with one attached hydrogen (secondary N) is 2. The molecule has 2 saturated carbocycles. The molecule has 2 heterocycles. The molecule has 1 aromatic heterocycles. The van der Waals surface area contributed by atoms with E-state index in [-0.39, 0.29) is 35.7 Å². The highest BCUT2D eigenvalue weighted by atomic mass is 19.3. The van der Waals surface area contributed by atoms with Crippen molar-refractivity contribution < 1.29 is 26.7 Å². The summed E-state index contributed by atoms with van der Waals surface area (Å²) in [6.07, 6.45) is -0.130. The van der Waals surface area contributed by atoms with Crippen LogP contribution in [0, 0.1) is 17.7 Å². The summed E-state index contributed by atoms with van der Waals surface area (Å²) in [4.78, 5) is 28.6. The van der Waals surface area contributed by atoms with Crippen LogP contribution in [-0.4, -0.2) is 47.5 Å². The minimum Gasteiger partial charge on any atom is -0.381 e. The average molecular weight is 539 g/mol. The van der Waals surface area contributed by atoms with Crippen LogP contribution in [0.3, 0.4) is 0 Å². The summed E-state index contributed by atoms with van der Waals surface area (Å²) in [7, 11) is 2.05. The van der Waals surface area contributed by atoms with Crippen molar-refractivity contribution in [2.45, 2.75) is 63.1 Å². The molecule has 3 aliphatic rings. The molecule has 38 heavy (non-hydrogen) atoms. The number of nitrogens with zero attached hydrogens (tertiary/aromatic N) is 2. The van der Waals surface area contributed by atoms with E-state index < -0.39 is 47.3 Å². The number of anilines is 1. The van der Waals surface area contributed by atoms with E-state index in [9.17, 15) is 31.5 Å². The lowest BCUT2D eigenvalue weighted by molar-refractivity contribution is -0.123. The number of hydrogen-bond acceptors (Lipinski definition) is 4. The molecule has 3 fully saturated rings. The van der Waals surface area contributed by atoms with E-state index in [1.807, 2.05) is 7.05 Å². The van der Waals surface area contributed by atoms with Crippen LogP contribution in [0.1, 0.15) is 72.6 Å². The number of amides is 1. The SMILES string of the molecule is C[C@@H](NC(=O)c1cn([C@@H]2CCC2(F)F)c(=O)cc1NC1[C@@H]2CC[C@H]1CN(C)C2)c1cccc(C(F)F)c1F. The topological polar surface area (TPSA) is 66.4 Å². The summed E-state index contributed by atoms with van der Waals surface area (Å²) in [5.74, 6) is -4.29. The van der Waals surface area contributed by atoms with E-state index in [1.54, 1.807) is 0 Å². The molecule has 6 nitrogen and oxygen atoms in total. The van der Waals surface area contributed by atoms with Gasteiger partial charge < -0.3 is 20.1 Å². The second kappa shape index (κ2) is 9.98. The summed E-state index contributed by atoms with van der Waals surface area (Å²) in [6.45, 7) is 3.17. The fourth-order valence-electron chi connectivity index (χ4n) is 6.22. The molecule has 11 heteroatoms. The van der Waals surface area contributed by atoms with Crippen molar-refractivity contribution >= 4 is 11.6 Å². The number of alkyl halides is 4. The third-order valence-corrected chi connectivity index (χ3v) is 8.35. The van der Waals surface area contributed by atoms with Gasteiger partial charge in [0.15, 0.2) is 0 Å². The third kappa shape index (κ3) is 4.81. The van der Waals surface area contributed by atoms with E-state index in [2.05, 4.69) is 15.5 Å². The Morgan fingerprint density at radius 3 is 2.34 bits per heavy atom. The number of halogens is 5. The predicted molar refractivity (Wildman–Crippen MR) is 132 cm³/mol. The Balaban J connectivity index is 1.47. The van der Waals surface area contributed by atoms with Crippen LogP contribution < -0.4 is 16.2 Å². The van der Waals surface area contributed by atoms with Crippen molar-refractivity contribution in [2.24, 2.45) is 11.8 Å². The predicted octanol–water partition coefficient (Wildman–Crippen LogP) is 5.14. The maximum absolute atomic E-state index is 14.7. The van der Waals surface area contributed by atoms with Crippen molar-refractivity contribution in [1.82, 2.24) is 14.8 Å². The number of aromatic nitrogens is 1. The number of benzene rings is 1. The molecule has 2 aliphatic carbocycles. The Kier molecular flexibility index (Phi) is 7.00. The van der Waals surface area contributed by atoms with Crippen LogP contribution in [0.25, 0.3) is 0 Å². The number of likely N-dealkylation sites (tertiary alicyclic amines) is 1. The minimum absolute atomic E-state index is 0.00994. The standard InChI is InChI=1S/C27H31F5N4O2/c1-14(17-4-3-5-18(23(17)28)25(29)30)33-26(38)19-13-36(21-8-9-27(21,31)32)22(37)10-20(19)34-24-15-6-7-16(24)12-35(2)11-15/h3-5,10,13-16,21,24-25,34H,6-9,11-12H2,1-2H3,(H,33,38)/t14-,15-,16+,21-,24?/m1/s1. The Morgan fingerprint density at radius 1 is 1.11 bits per heavy atom. The van der Waals surface area contributed by atoms with Crippen LogP contribution in [0.5, 0.6) is 0 Å². The van der Waals surface area contributed by atoms with Gasteiger partial charge in [0.05, 0.1) is 22.9 Å². The number of piperidine rings is 1. The second-order valence-electron chi connectivity index (χ2n) is 10.9. The van der Waals surface area contributed by atoms with Crippen molar-refractivity contribution in [3.63, 3.8) is 0 Å². The lowest BCUT2D eigenvalue weighted by Crippen LogP contribution is -2.47. The second-order valence-corrected chi connectivity index (χ2v) is 10.9. The Bertz CT molecular complexity index is 1270. The van der Waals surface area contributed by atoms with Crippen LogP contribution in [0.15, 0.2) is 35.3 Å². The van der Waals surface area contributed by atoms with E-state index in [0.29, 0.717) is 11.8 Å². The van der Waals surface area contributed by atoms with Gasteiger partial charge in [-0.05, 0) is 45.1 Å². The molecule has 206 valence electrons. The van der Waals surface area contributed by atoms with E-state index in [4.69, 9.17) is 0 Å². The molecule has 1 amide bonds. The number of pyridine rings is 1. The molecular formula is C27H31F5N4O2. The molecule has 0 radical (unpaired) electrons. The van der Waals surface area contributed by atoms with Gasteiger partial charge in [-0.25, -0.2) is 22.0 Å². The largest absolute Gasteiger partial charge is 0.381 e. The molecule has 1 aromatic carbocycles. The van der Waals surface area contributed by atoms with E-state index in [0.717, 1.165) is 42.8 Å². The molecule has 2 N–H and O–H groups in total. The Labute approximate surface area is 217 Å². The molecular weight excluding hydrogens is 507 g/mol. The Hall–Kier alpha value is -2.95. The molecule has 5 atom stereocenters. The van der Waals surface area contributed by atoms with Crippen LogP contribution in [-0.2, 0) is 0 Å². The maximum Gasteiger partial charge on any atom is 0.268 e. The highest BCUT2D eigenvalue weighted by Crippen LogP contribution is 2.46. The van der Waals surface area contributed by atoms with Crippen LogP contribution in [0.4, 0.5) is 27.6 Å². The van der Waals surface area contributed by atoms with Crippen molar-refractivity contribution in [3.8, 4) is 0 Å². The normalized spacial score (nSPS) is 27.2. The lowest BCUT2D eigenvalue weighted by atomic mass is 9.87. The third-order valence-electron chi connectivity index (χ3n) is 8.35. The fourth-order valence-corrected chi connectivity index (χ4v) is 6.22. The molecule has 0 spiro atoms. The number of fused-ring (bicyclic) bond motifs is 2. The minimum atomic E-state index is -3.06. The van der Waals surface area contributed by atoms with Gasteiger partial charge in [0.2, 0.25) is 0 Å². The summed E-state index contributed by atoms with van der Waals surface area (Å²) in [5.41, 5.74) is -1.34. The molecule has 1 unspecified atom stereocenters. The van der Waals surface area contributed by atoms with Crippen molar-refractivity contribution in [2.75, 3.05) is 25.5 Å². The first-order chi connectivity index (χ1) is 18.0. The first kappa shape index (κ1) is 26.6. The summed E-state index contributed by atoms with van der Waals surface area (Å²) in [6, 6.07) is 2.40. The zero-order valence-electron chi connectivity index (χ0n) is 21.2. The van der Waals surface area contributed by atoms with Gasteiger partial charge in [0.25, 0.3) is 23.8 Å². The lowest BCUT2D eigenvalue weighted by Gasteiger charge is -2.39. The van der Waals surface area contributed by atoms with Gasteiger partial charge >= 0.3 is 0 Å². The van der Waals surface area contributed by atoms with Crippen molar-refractivity contribution in [1.29, 1.82) is 0 Å². The highest BCUT2D eigenvalue weighted by molar-refractivity contribution is 5.99. The van der Waals surface area contributed by atoms with Gasteiger partial charge in [0.1, 0.15) is 11.9 Å². The zero-order valence-corrected chi connectivity index (χ0v) is 21.2. The quantitative estimate of drug-likeness (QED) is 0.480. The summed E-state index contributed by atoms with van der Waals surface area (Å²) in [5, 5.41) is 5.97. The van der Waals surface area contributed by atoms with E-state index in [1.165, 1.54) is 25.1 Å². The zero-order chi connectivity index (χ0) is 27.4. The molecule has 2 aromatic rings. The molecule has 1 saturated heterocycles. The van der Waals surface area contributed by atoms with Gasteiger partial charge in [-0.15, -0.1) is 0 Å². The monoisotopic (exact) mass is 538 g/mol. The number of carbonyl (C=O) groups is 1.